The highest BCUT2D eigenvalue weighted by atomic mass is 16.6. The van der Waals surface area contributed by atoms with Crippen LogP contribution in [0.25, 0.3) is 0 Å². The van der Waals surface area contributed by atoms with Crippen LogP contribution in [-0.2, 0) is 14.3 Å². The van der Waals surface area contributed by atoms with Crippen molar-refractivity contribution >= 4 is 5.97 Å². The second-order valence-electron chi connectivity index (χ2n) is 2.48. The molecule has 0 amide bonds. The van der Waals surface area contributed by atoms with Gasteiger partial charge in [0.15, 0.2) is 0 Å². The third-order valence-corrected chi connectivity index (χ3v) is 1.56. The monoisotopic (exact) mass is 159 g/mol. The van der Waals surface area contributed by atoms with E-state index in [9.17, 15) is 9.90 Å². The fourth-order valence-electron chi connectivity index (χ4n) is 0.982. The molecule has 4 heteroatoms. The van der Waals surface area contributed by atoms with E-state index in [1.807, 2.05) is 0 Å². The van der Waals surface area contributed by atoms with Gasteiger partial charge in [0.2, 0.25) is 0 Å². The van der Waals surface area contributed by atoms with Gasteiger partial charge in [-0.25, -0.2) is 0 Å². The normalized spacial score (nSPS) is 24.9. The smallest absolute Gasteiger partial charge is 0.0813 e. The van der Waals surface area contributed by atoms with E-state index in [0.717, 1.165) is 0 Å². The number of carboxylic acid groups (broad SMARTS) is 1. The Morgan fingerprint density at radius 1 is 1.55 bits per heavy atom. The van der Waals surface area contributed by atoms with Gasteiger partial charge in [0.25, 0.3) is 0 Å². The zero-order valence-electron chi connectivity index (χ0n) is 6.25. The van der Waals surface area contributed by atoms with Gasteiger partial charge in [-0.15, -0.1) is 0 Å². The van der Waals surface area contributed by atoms with Gasteiger partial charge < -0.3 is 19.4 Å². The molecule has 0 spiro atoms. The lowest BCUT2D eigenvalue weighted by molar-refractivity contribution is -0.306. The van der Waals surface area contributed by atoms with E-state index >= 15 is 0 Å². The summed E-state index contributed by atoms with van der Waals surface area (Å²) in [4.78, 5) is 10.0. The summed E-state index contributed by atoms with van der Waals surface area (Å²) in [5, 5.41) is 10.0. The molecule has 0 aromatic heterocycles. The Kier molecular flexibility index (Phi) is 3.32. The fraction of sp³-hybridized carbons (Fsp3) is 0.857. The summed E-state index contributed by atoms with van der Waals surface area (Å²) in [5.74, 6) is -1.03. The third-order valence-electron chi connectivity index (χ3n) is 1.56. The number of ether oxygens (including phenoxy) is 2. The summed E-state index contributed by atoms with van der Waals surface area (Å²) in [6.07, 6.45) is 0.484. The molecule has 11 heavy (non-hydrogen) atoms. The summed E-state index contributed by atoms with van der Waals surface area (Å²) >= 11 is 0. The Bertz CT molecular complexity index is 128. The molecular weight excluding hydrogens is 148 g/mol. The molecule has 1 saturated heterocycles. The van der Waals surface area contributed by atoms with E-state index in [4.69, 9.17) is 9.47 Å². The maximum absolute atomic E-state index is 10.0. The fourth-order valence-corrected chi connectivity index (χ4v) is 0.982. The summed E-state index contributed by atoms with van der Waals surface area (Å²) in [6, 6.07) is 0. The van der Waals surface area contributed by atoms with Crippen molar-refractivity contribution in [2.24, 2.45) is 0 Å². The van der Waals surface area contributed by atoms with Crippen molar-refractivity contribution in [3.05, 3.63) is 0 Å². The number of carboxylic acids is 1. The molecule has 1 atom stereocenters. The minimum Gasteiger partial charge on any atom is -0.550 e. The van der Waals surface area contributed by atoms with Gasteiger partial charge in [0, 0.05) is 5.97 Å². The predicted octanol–water partition coefficient (Wildman–Crippen LogP) is -1.07. The number of carbonyl (C=O) groups is 1. The van der Waals surface area contributed by atoms with Crippen LogP contribution in [0.4, 0.5) is 0 Å². The molecule has 0 saturated carbocycles. The second-order valence-corrected chi connectivity index (χ2v) is 2.48. The number of hydrogen-bond donors (Lipinski definition) is 0. The van der Waals surface area contributed by atoms with Gasteiger partial charge in [0.05, 0.1) is 25.9 Å². The minimum atomic E-state index is -1.03. The molecule has 1 aliphatic rings. The lowest BCUT2D eigenvalue weighted by Crippen LogP contribution is -2.31. The van der Waals surface area contributed by atoms with Crippen LogP contribution in [-0.4, -0.2) is 31.9 Å². The van der Waals surface area contributed by atoms with Crippen LogP contribution in [0.2, 0.25) is 0 Å². The molecule has 1 rings (SSSR count). The van der Waals surface area contributed by atoms with Crippen molar-refractivity contribution in [3.63, 3.8) is 0 Å². The van der Waals surface area contributed by atoms with Crippen molar-refractivity contribution in [2.75, 3.05) is 19.8 Å². The first kappa shape index (κ1) is 8.49. The average molecular weight is 159 g/mol. The largest absolute Gasteiger partial charge is 0.550 e. The highest BCUT2D eigenvalue weighted by Crippen LogP contribution is 2.06. The van der Waals surface area contributed by atoms with Gasteiger partial charge in [-0.2, -0.15) is 0 Å². The van der Waals surface area contributed by atoms with Gasteiger partial charge in [-0.3, -0.25) is 0 Å². The van der Waals surface area contributed by atoms with Crippen LogP contribution in [0.1, 0.15) is 12.8 Å². The first-order chi connectivity index (χ1) is 5.29. The van der Waals surface area contributed by atoms with Crippen LogP contribution in [0.3, 0.4) is 0 Å². The van der Waals surface area contributed by atoms with Crippen molar-refractivity contribution < 1.29 is 19.4 Å². The van der Waals surface area contributed by atoms with E-state index in [-0.39, 0.29) is 12.5 Å². The summed E-state index contributed by atoms with van der Waals surface area (Å²) in [7, 11) is 0. The van der Waals surface area contributed by atoms with Crippen LogP contribution < -0.4 is 5.11 Å². The Hall–Kier alpha value is -0.610. The standard InChI is InChI=1S/C7H12O4/c8-7(9)2-1-6-5-10-3-4-11-6/h6H,1-5H2,(H,8,9)/p-1/t6-/m0/s1. The Morgan fingerprint density at radius 2 is 2.36 bits per heavy atom. The average Bonchev–Trinajstić information content (AvgIpc) is 2.03. The lowest BCUT2D eigenvalue weighted by atomic mass is 10.2. The number of rotatable bonds is 3. The SMILES string of the molecule is O=C([O-])CC[C@H]1COCCO1. The zero-order valence-corrected chi connectivity index (χ0v) is 6.25. The number of carbonyl (C=O) groups excluding carboxylic acids is 1. The molecule has 1 fully saturated rings. The van der Waals surface area contributed by atoms with Crippen LogP contribution in [0.5, 0.6) is 0 Å². The molecule has 0 radical (unpaired) electrons. The topological polar surface area (TPSA) is 58.6 Å². The van der Waals surface area contributed by atoms with Gasteiger partial charge in [0.1, 0.15) is 0 Å². The Labute approximate surface area is 65.1 Å². The first-order valence-electron chi connectivity index (χ1n) is 3.68. The molecule has 0 unspecified atom stereocenters. The van der Waals surface area contributed by atoms with Gasteiger partial charge >= 0.3 is 0 Å². The minimum absolute atomic E-state index is 0.0496. The van der Waals surface area contributed by atoms with Crippen molar-refractivity contribution in [3.8, 4) is 0 Å². The molecule has 0 N–H and O–H groups in total. The zero-order chi connectivity index (χ0) is 8.10. The second kappa shape index (κ2) is 4.31. The number of aliphatic carboxylic acids is 1. The van der Waals surface area contributed by atoms with E-state index in [2.05, 4.69) is 0 Å². The van der Waals surface area contributed by atoms with Gasteiger partial charge in [-0.05, 0) is 12.8 Å². The Balaban J connectivity index is 2.09. The van der Waals surface area contributed by atoms with E-state index in [0.29, 0.717) is 26.2 Å². The van der Waals surface area contributed by atoms with Crippen molar-refractivity contribution in [2.45, 2.75) is 18.9 Å². The summed E-state index contributed by atoms with van der Waals surface area (Å²) in [6.45, 7) is 1.69. The molecule has 0 aromatic carbocycles. The molecule has 4 nitrogen and oxygen atoms in total. The molecule has 0 aromatic rings. The Morgan fingerprint density at radius 3 is 2.91 bits per heavy atom. The molecule has 0 aliphatic carbocycles. The lowest BCUT2D eigenvalue weighted by Gasteiger charge is -2.22. The van der Waals surface area contributed by atoms with Crippen LogP contribution in [0, 0.1) is 0 Å². The molecular formula is C7H11O4-. The van der Waals surface area contributed by atoms with E-state index in [1.54, 1.807) is 0 Å². The maximum Gasteiger partial charge on any atom is 0.0813 e. The predicted molar refractivity (Wildman–Crippen MR) is 34.8 cm³/mol. The highest BCUT2D eigenvalue weighted by Gasteiger charge is 2.13. The van der Waals surface area contributed by atoms with E-state index in [1.165, 1.54) is 0 Å². The van der Waals surface area contributed by atoms with Crippen molar-refractivity contribution in [1.29, 1.82) is 0 Å². The highest BCUT2D eigenvalue weighted by molar-refractivity contribution is 5.64. The molecule has 0 bridgehead atoms. The van der Waals surface area contributed by atoms with Gasteiger partial charge in [-0.1, -0.05) is 0 Å². The quantitative estimate of drug-likeness (QED) is 0.526. The third kappa shape index (κ3) is 3.34. The van der Waals surface area contributed by atoms with E-state index < -0.39 is 5.97 Å². The van der Waals surface area contributed by atoms with Crippen LogP contribution >= 0.6 is 0 Å². The first-order valence-corrected chi connectivity index (χ1v) is 3.68. The molecule has 1 aliphatic heterocycles. The number of hydrogen-bond acceptors (Lipinski definition) is 4. The maximum atomic E-state index is 10.0. The van der Waals surface area contributed by atoms with Crippen LogP contribution in [0.15, 0.2) is 0 Å². The molecule has 64 valence electrons. The van der Waals surface area contributed by atoms with Crippen molar-refractivity contribution in [1.82, 2.24) is 0 Å². The summed E-state index contributed by atoms with van der Waals surface area (Å²) in [5.41, 5.74) is 0. The summed E-state index contributed by atoms with van der Waals surface area (Å²) < 4.78 is 10.3. The molecule has 1 heterocycles.